The summed E-state index contributed by atoms with van der Waals surface area (Å²) in [6.07, 6.45) is 0. The average Bonchev–Trinajstić information content (AvgIpc) is 2.29. The van der Waals surface area contributed by atoms with E-state index in [0.29, 0.717) is 5.75 Å². The number of rotatable bonds is 3. The number of hydrogen-bond acceptors (Lipinski definition) is 3. The molecule has 2 nitrogen and oxygen atoms in total. The molecule has 0 radical (unpaired) electrons. The molecule has 0 aromatic heterocycles. The fraction of sp³-hybridized carbons (Fsp3) is 0.167. The van der Waals surface area contributed by atoms with E-state index in [-0.39, 0.29) is 0 Å². The summed E-state index contributed by atoms with van der Waals surface area (Å²) >= 11 is 0.813. The van der Waals surface area contributed by atoms with Gasteiger partial charge >= 0.3 is 0 Å². The summed E-state index contributed by atoms with van der Waals surface area (Å²) in [5.74, 6) is 1.41. The Morgan fingerprint density at radius 1 is 1.20 bits per heavy atom. The van der Waals surface area contributed by atoms with Crippen molar-refractivity contribution in [2.75, 3.05) is 7.11 Å². The predicted molar refractivity (Wildman–Crippen MR) is 64.4 cm³/mol. The van der Waals surface area contributed by atoms with E-state index in [0.717, 1.165) is 34.1 Å². The zero-order chi connectivity index (χ0) is 10.7. The molecule has 0 amide bonds. The average molecular weight is 220 g/mol. The lowest BCUT2D eigenvalue weighted by Gasteiger charge is -2.10. The van der Waals surface area contributed by atoms with Crippen LogP contribution in [0.1, 0.15) is 5.56 Å². The summed E-state index contributed by atoms with van der Waals surface area (Å²) in [5.41, 5.74) is 1.02. The zero-order valence-corrected chi connectivity index (χ0v) is 9.25. The van der Waals surface area contributed by atoms with E-state index in [9.17, 15) is 0 Å². The van der Waals surface area contributed by atoms with Crippen molar-refractivity contribution < 1.29 is 9.29 Å². The molecule has 2 rings (SSSR count). The minimum Gasteiger partial charge on any atom is -0.496 e. The van der Waals surface area contributed by atoms with Gasteiger partial charge in [-0.25, -0.2) is 0 Å². The third-order valence-electron chi connectivity index (χ3n) is 2.39. The number of methoxy groups -OCH3 is 1. The van der Waals surface area contributed by atoms with Gasteiger partial charge in [0.2, 0.25) is 0 Å². The Kier molecular flexibility index (Phi) is 3.14. The molecule has 0 bridgehead atoms. The summed E-state index contributed by atoms with van der Waals surface area (Å²) in [5, 5.41) is 2.24. The standard InChI is InChI=1S/C12H12O2S/c1-14-12-10(8-15-13)7-6-9-4-2-3-5-11(9)12/h2-7,13H,8H2,1H3. The quantitative estimate of drug-likeness (QED) is 0.802. The van der Waals surface area contributed by atoms with Crippen LogP contribution in [0.25, 0.3) is 10.8 Å². The largest absolute Gasteiger partial charge is 0.496 e. The lowest BCUT2D eigenvalue weighted by atomic mass is 10.1. The summed E-state index contributed by atoms with van der Waals surface area (Å²) in [6.45, 7) is 0. The van der Waals surface area contributed by atoms with Crippen LogP contribution in [0.4, 0.5) is 0 Å². The molecule has 78 valence electrons. The fourth-order valence-electron chi connectivity index (χ4n) is 1.71. The van der Waals surface area contributed by atoms with E-state index in [1.165, 1.54) is 0 Å². The van der Waals surface area contributed by atoms with Gasteiger partial charge in [-0.1, -0.05) is 36.4 Å². The van der Waals surface area contributed by atoms with Gasteiger partial charge in [0.15, 0.2) is 0 Å². The van der Waals surface area contributed by atoms with Crippen LogP contribution < -0.4 is 4.74 Å². The Labute approximate surface area is 93.1 Å². The van der Waals surface area contributed by atoms with Crippen LogP contribution in [0.15, 0.2) is 36.4 Å². The molecular weight excluding hydrogens is 208 g/mol. The molecule has 0 saturated heterocycles. The van der Waals surface area contributed by atoms with Gasteiger partial charge in [0.25, 0.3) is 0 Å². The second-order valence-electron chi connectivity index (χ2n) is 3.25. The number of fused-ring (bicyclic) bond motifs is 1. The minimum absolute atomic E-state index is 0.550. The highest BCUT2D eigenvalue weighted by Gasteiger charge is 2.07. The Bertz CT molecular complexity index is 468. The SMILES string of the molecule is COc1c(CSO)ccc2ccccc12. The first-order chi connectivity index (χ1) is 7.36. The molecular formula is C12H12O2S. The molecule has 0 aliphatic carbocycles. The van der Waals surface area contributed by atoms with Crippen molar-refractivity contribution in [1.29, 1.82) is 0 Å². The molecule has 0 atom stereocenters. The van der Waals surface area contributed by atoms with Gasteiger partial charge in [-0.3, -0.25) is 0 Å². The summed E-state index contributed by atoms with van der Waals surface area (Å²) in [7, 11) is 1.66. The third kappa shape index (κ3) is 1.94. The maximum absolute atomic E-state index is 8.87. The first-order valence-electron chi connectivity index (χ1n) is 4.68. The maximum atomic E-state index is 8.87. The van der Waals surface area contributed by atoms with Crippen LogP contribution in [0.2, 0.25) is 0 Å². The maximum Gasteiger partial charge on any atom is 0.130 e. The molecule has 2 aromatic rings. The van der Waals surface area contributed by atoms with E-state index in [4.69, 9.17) is 9.29 Å². The topological polar surface area (TPSA) is 29.5 Å². The first kappa shape index (κ1) is 10.3. The molecule has 0 heterocycles. The highest BCUT2D eigenvalue weighted by atomic mass is 32.2. The van der Waals surface area contributed by atoms with Crippen molar-refractivity contribution in [1.82, 2.24) is 0 Å². The number of benzene rings is 2. The van der Waals surface area contributed by atoms with Crippen molar-refractivity contribution >= 4 is 22.8 Å². The van der Waals surface area contributed by atoms with Crippen LogP contribution >= 0.6 is 12.0 Å². The lowest BCUT2D eigenvalue weighted by molar-refractivity contribution is 0.416. The van der Waals surface area contributed by atoms with Crippen molar-refractivity contribution in [2.24, 2.45) is 0 Å². The van der Waals surface area contributed by atoms with Gasteiger partial charge in [0, 0.05) is 16.7 Å². The second kappa shape index (κ2) is 4.55. The second-order valence-corrected chi connectivity index (χ2v) is 3.80. The van der Waals surface area contributed by atoms with Gasteiger partial charge in [0.1, 0.15) is 5.75 Å². The van der Waals surface area contributed by atoms with Crippen LogP contribution in [-0.4, -0.2) is 11.7 Å². The van der Waals surface area contributed by atoms with Gasteiger partial charge in [-0.2, -0.15) is 0 Å². The molecule has 3 heteroatoms. The van der Waals surface area contributed by atoms with Crippen molar-refractivity contribution in [2.45, 2.75) is 5.75 Å². The molecule has 0 aliphatic heterocycles. The third-order valence-corrected chi connectivity index (χ3v) is 2.83. The van der Waals surface area contributed by atoms with E-state index in [1.54, 1.807) is 7.11 Å². The predicted octanol–water partition coefficient (Wildman–Crippen LogP) is 3.55. The highest BCUT2D eigenvalue weighted by Crippen LogP contribution is 2.31. The molecule has 0 spiro atoms. The fourth-order valence-corrected chi connectivity index (χ4v) is 2.08. The summed E-state index contributed by atoms with van der Waals surface area (Å²) in [6, 6.07) is 12.1. The molecule has 0 fully saturated rings. The van der Waals surface area contributed by atoms with Crippen LogP contribution in [0.3, 0.4) is 0 Å². The van der Waals surface area contributed by atoms with Crippen molar-refractivity contribution in [3.63, 3.8) is 0 Å². The van der Waals surface area contributed by atoms with Crippen LogP contribution in [0.5, 0.6) is 5.75 Å². The summed E-state index contributed by atoms with van der Waals surface area (Å²) < 4.78 is 14.3. The van der Waals surface area contributed by atoms with Gasteiger partial charge < -0.3 is 9.29 Å². The van der Waals surface area contributed by atoms with Crippen molar-refractivity contribution in [3.8, 4) is 5.75 Å². The van der Waals surface area contributed by atoms with Gasteiger partial charge in [-0.05, 0) is 17.4 Å². The molecule has 1 N–H and O–H groups in total. The zero-order valence-electron chi connectivity index (χ0n) is 8.43. The van der Waals surface area contributed by atoms with Gasteiger partial charge in [0.05, 0.1) is 7.11 Å². The van der Waals surface area contributed by atoms with E-state index in [1.807, 2.05) is 36.4 Å². The number of hydrogen-bond donors (Lipinski definition) is 1. The number of ether oxygens (including phenoxy) is 1. The Balaban J connectivity index is 2.64. The highest BCUT2D eigenvalue weighted by molar-refractivity contribution is 7.92. The molecule has 2 aromatic carbocycles. The van der Waals surface area contributed by atoms with Crippen molar-refractivity contribution in [3.05, 3.63) is 42.0 Å². The van der Waals surface area contributed by atoms with Gasteiger partial charge in [-0.15, -0.1) is 0 Å². The Hall–Kier alpha value is -1.19. The van der Waals surface area contributed by atoms with E-state index >= 15 is 0 Å². The van der Waals surface area contributed by atoms with E-state index in [2.05, 4.69) is 0 Å². The van der Waals surface area contributed by atoms with E-state index < -0.39 is 0 Å². The molecule has 15 heavy (non-hydrogen) atoms. The minimum atomic E-state index is 0.550. The molecule has 0 saturated carbocycles. The lowest BCUT2D eigenvalue weighted by Crippen LogP contribution is -1.91. The molecule has 0 unspecified atom stereocenters. The van der Waals surface area contributed by atoms with Crippen LogP contribution in [-0.2, 0) is 5.75 Å². The smallest absolute Gasteiger partial charge is 0.130 e. The van der Waals surface area contributed by atoms with Crippen LogP contribution in [0, 0.1) is 0 Å². The normalized spacial score (nSPS) is 10.5. The first-order valence-corrected chi connectivity index (χ1v) is 5.62. The Morgan fingerprint density at radius 2 is 2.00 bits per heavy atom. The Morgan fingerprint density at radius 3 is 2.73 bits per heavy atom. The molecule has 0 aliphatic rings. The summed E-state index contributed by atoms with van der Waals surface area (Å²) in [4.78, 5) is 0. The monoisotopic (exact) mass is 220 g/mol.